The fourth-order valence-corrected chi connectivity index (χ4v) is 4.21. The van der Waals surface area contributed by atoms with Crippen LogP contribution >= 0.6 is 0 Å². The van der Waals surface area contributed by atoms with Gasteiger partial charge in [0.1, 0.15) is 12.7 Å². The van der Waals surface area contributed by atoms with Gasteiger partial charge in [-0.2, -0.15) is 0 Å². The Bertz CT molecular complexity index is 530. The lowest BCUT2D eigenvalue weighted by atomic mass is 9.86. The Hall–Kier alpha value is -0.650. The van der Waals surface area contributed by atoms with Gasteiger partial charge in [-0.05, 0) is 12.8 Å². The number of Topliss-reactive ketones (excluding diaryl/α,β-unsaturated/α-hetero) is 1. The van der Waals surface area contributed by atoms with Crippen molar-refractivity contribution >= 4 is 5.78 Å². The van der Waals surface area contributed by atoms with E-state index in [2.05, 4.69) is 0 Å². The van der Waals surface area contributed by atoms with Gasteiger partial charge >= 0.3 is 0 Å². The lowest BCUT2D eigenvalue weighted by Gasteiger charge is -2.41. The second-order valence-electron chi connectivity index (χ2n) is 9.04. The average Bonchev–Trinajstić information content (AvgIpc) is 3.12. The number of aliphatic hydroxyl groups excluding tert-OH is 3. The van der Waals surface area contributed by atoms with Crippen LogP contribution in [-0.4, -0.2) is 91.6 Å². The minimum absolute atomic E-state index is 0.0142. The van der Waals surface area contributed by atoms with Gasteiger partial charge in [0.2, 0.25) is 0 Å². The molecule has 0 amide bonds. The third-order valence-electron chi connectivity index (χ3n) is 6.41. The molecule has 0 radical (unpaired) electrons. The van der Waals surface area contributed by atoms with E-state index in [0.717, 1.165) is 32.1 Å². The van der Waals surface area contributed by atoms with Gasteiger partial charge in [-0.1, -0.05) is 33.1 Å². The summed E-state index contributed by atoms with van der Waals surface area (Å²) in [6, 6.07) is 0. The number of ether oxygens (including phenoxy) is 5. The zero-order valence-corrected chi connectivity index (χ0v) is 19.7. The smallest absolute Gasteiger partial charge is 0.163 e. The molecule has 0 spiro atoms. The van der Waals surface area contributed by atoms with Crippen molar-refractivity contribution in [2.24, 2.45) is 11.8 Å². The predicted octanol–water partition coefficient (Wildman–Crippen LogP) is 1.40. The van der Waals surface area contributed by atoms with E-state index in [-0.39, 0.29) is 43.2 Å². The van der Waals surface area contributed by atoms with Gasteiger partial charge in [0.05, 0.1) is 31.5 Å². The quantitative estimate of drug-likeness (QED) is 0.310. The highest BCUT2D eigenvalue weighted by atomic mass is 16.7. The van der Waals surface area contributed by atoms with Crippen molar-refractivity contribution in [2.75, 3.05) is 33.5 Å². The number of methoxy groups -OCH3 is 1. The van der Waals surface area contributed by atoms with Gasteiger partial charge in [0.15, 0.2) is 18.4 Å². The Morgan fingerprint density at radius 3 is 2.41 bits per heavy atom. The summed E-state index contributed by atoms with van der Waals surface area (Å²) < 4.78 is 27.6. The van der Waals surface area contributed by atoms with Crippen molar-refractivity contribution in [3.63, 3.8) is 0 Å². The van der Waals surface area contributed by atoms with Crippen LogP contribution in [0.25, 0.3) is 0 Å². The number of carbonyl (C=O) groups is 1. The van der Waals surface area contributed by atoms with Crippen molar-refractivity contribution in [3.05, 3.63) is 0 Å². The van der Waals surface area contributed by atoms with E-state index in [1.54, 1.807) is 7.11 Å². The Morgan fingerprint density at radius 2 is 1.69 bits per heavy atom. The van der Waals surface area contributed by atoms with Gasteiger partial charge in [0, 0.05) is 38.4 Å². The first-order chi connectivity index (χ1) is 15.4. The van der Waals surface area contributed by atoms with Crippen molar-refractivity contribution < 1.29 is 43.8 Å². The standard InChI is InChI=1S/C23H42O9/c1-15-19(12-24)32-23(16(2)22(15)27)30-13-17(25)9-7-5-4-6-8-10-29-21-11-18(26)20(31-21)14-28-3/h15-16,18-24,26-27H,4-14H2,1-3H3/t15-,16?,18?,19?,20+,21+,22-,23+/m0/s1. The molecule has 2 fully saturated rings. The lowest BCUT2D eigenvalue weighted by molar-refractivity contribution is -0.265. The molecule has 2 rings (SSSR count). The van der Waals surface area contributed by atoms with E-state index in [4.69, 9.17) is 23.7 Å². The fraction of sp³-hybridized carbons (Fsp3) is 0.957. The van der Waals surface area contributed by atoms with Gasteiger partial charge in [-0.25, -0.2) is 0 Å². The third kappa shape index (κ3) is 8.61. The first-order valence-corrected chi connectivity index (χ1v) is 11.9. The average molecular weight is 463 g/mol. The zero-order chi connectivity index (χ0) is 23.5. The highest BCUT2D eigenvalue weighted by Gasteiger charge is 2.41. The molecule has 3 unspecified atom stereocenters. The second-order valence-corrected chi connectivity index (χ2v) is 9.04. The van der Waals surface area contributed by atoms with Crippen LogP contribution in [0, 0.1) is 11.8 Å². The molecule has 2 saturated heterocycles. The molecule has 8 atom stereocenters. The van der Waals surface area contributed by atoms with Crippen LogP contribution in [0.15, 0.2) is 0 Å². The van der Waals surface area contributed by atoms with Crippen LogP contribution in [-0.2, 0) is 28.5 Å². The topological polar surface area (TPSA) is 124 Å². The van der Waals surface area contributed by atoms with E-state index in [0.29, 0.717) is 26.1 Å². The SMILES string of the molecule is COC[C@H]1O[C@@H](OCCCCCCCC(=O)CO[C@@H]2OC(CO)[C@H](C)[C@H](O)C2C)CC1O. The van der Waals surface area contributed by atoms with Crippen LogP contribution in [0.1, 0.15) is 58.8 Å². The van der Waals surface area contributed by atoms with Crippen molar-refractivity contribution in [2.45, 2.75) is 95.8 Å². The number of aliphatic hydroxyl groups is 3. The Balaban J connectivity index is 1.47. The highest BCUT2D eigenvalue weighted by molar-refractivity contribution is 5.79. The van der Waals surface area contributed by atoms with E-state index in [1.807, 2.05) is 13.8 Å². The van der Waals surface area contributed by atoms with Crippen LogP contribution < -0.4 is 0 Å². The number of rotatable bonds is 15. The normalized spacial score (nSPS) is 35.3. The maximum atomic E-state index is 12.1. The molecular weight excluding hydrogens is 420 g/mol. The molecule has 0 aromatic carbocycles. The maximum absolute atomic E-state index is 12.1. The monoisotopic (exact) mass is 462 g/mol. The van der Waals surface area contributed by atoms with Crippen LogP contribution in [0.2, 0.25) is 0 Å². The third-order valence-corrected chi connectivity index (χ3v) is 6.41. The second kappa shape index (κ2) is 14.6. The van der Waals surface area contributed by atoms with Crippen molar-refractivity contribution in [1.82, 2.24) is 0 Å². The van der Waals surface area contributed by atoms with Gasteiger partial charge in [-0.3, -0.25) is 4.79 Å². The van der Waals surface area contributed by atoms with Crippen LogP contribution in [0.4, 0.5) is 0 Å². The van der Waals surface area contributed by atoms with Crippen LogP contribution in [0.5, 0.6) is 0 Å². The number of hydrogen-bond donors (Lipinski definition) is 3. The molecular formula is C23H42O9. The van der Waals surface area contributed by atoms with E-state index >= 15 is 0 Å². The first-order valence-electron chi connectivity index (χ1n) is 11.9. The minimum Gasteiger partial charge on any atom is -0.394 e. The van der Waals surface area contributed by atoms with E-state index in [9.17, 15) is 20.1 Å². The van der Waals surface area contributed by atoms with E-state index < -0.39 is 24.6 Å². The van der Waals surface area contributed by atoms with Gasteiger partial charge < -0.3 is 39.0 Å². The summed E-state index contributed by atoms with van der Waals surface area (Å²) in [6.07, 6.45) is 2.59. The van der Waals surface area contributed by atoms with Gasteiger partial charge in [0.25, 0.3) is 0 Å². The number of hydrogen-bond acceptors (Lipinski definition) is 9. The Kier molecular flexibility index (Phi) is 12.6. The summed E-state index contributed by atoms with van der Waals surface area (Å²) >= 11 is 0. The molecule has 3 N–H and O–H groups in total. The molecule has 9 heteroatoms. The summed E-state index contributed by atoms with van der Waals surface area (Å²) in [5, 5.41) is 29.5. The van der Waals surface area contributed by atoms with Crippen LogP contribution in [0.3, 0.4) is 0 Å². The molecule has 188 valence electrons. The molecule has 9 nitrogen and oxygen atoms in total. The summed E-state index contributed by atoms with van der Waals surface area (Å²) in [5.74, 6) is -0.423. The summed E-state index contributed by atoms with van der Waals surface area (Å²) in [5.41, 5.74) is 0. The lowest BCUT2D eigenvalue weighted by Crippen LogP contribution is -2.51. The predicted molar refractivity (Wildman–Crippen MR) is 116 cm³/mol. The molecule has 2 aliphatic rings. The molecule has 0 saturated carbocycles. The van der Waals surface area contributed by atoms with Gasteiger partial charge in [-0.15, -0.1) is 0 Å². The maximum Gasteiger partial charge on any atom is 0.163 e. The summed E-state index contributed by atoms with van der Waals surface area (Å²) in [6.45, 7) is 4.38. The minimum atomic E-state index is -0.683. The molecule has 0 aromatic heterocycles. The molecule has 0 aliphatic carbocycles. The molecule has 0 aromatic rings. The zero-order valence-electron chi connectivity index (χ0n) is 19.7. The number of carbonyl (C=O) groups excluding carboxylic acids is 1. The molecule has 32 heavy (non-hydrogen) atoms. The van der Waals surface area contributed by atoms with E-state index in [1.165, 1.54) is 0 Å². The Morgan fingerprint density at radius 1 is 0.969 bits per heavy atom. The highest BCUT2D eigenvalue weighted by Crippen LogP contribution is 2.30. The number of ketones is 1. The Labute approximate surface area is 191 Å². The molecule has 0 bridgehead atoms. The fourth-order valence-electron chi connectivity index (χ4n) is 4.21. The largest absolute Gasteiger partial charge is 0.394 e. The molecule has 2 aliphatic heterocycles. The van der Waals surface area contributed by atoms with Crippen molar-refractivity contribution in [1.29, 1.82) is 0 Å². The summed E-state index contributed by atoms with van der Waals surface area (Å²) in [7, 11) is 1.58. The summed E-state index contributed by atoms with van der Waals surface area (Å²) in [4.78, 5) is 12.1. The van der Waals surface area contributed by atoms with Crippen molar-refractivity contribution in [3.8, 4) is 0 Å². The number of unbranched alkanes of at least 4 members (excludes halogenated alkanes) is 4. The first kappa shape index (κ1) is 27.6. The molecule has 2 heterocycles.